The van der Waals surface area contributed by atoms with Crippen molar-refractivity contribution in [3.8, 4) is 0 Å². The molecule has 0 fully saturated rings. The fourth-order valence-corrected chi connectivity index (χ4v) is 6.66. The van der Waals surface area contributed by atoms with Gasteiger partial charge in [0.15, 0.2) is 4.80 Å². The van der Waals surface area contributed by atoms with E-state index in [0.29, 0.717) is 35.8 Å². The minimum atomic E-state index is -3.78. The number of rotatable bonds is 9. The average molecular weight is 538 g/mol. The highest BCUT2D eigenvalue weighted by Gasteiger charge is 2.23. The van der Waals surface area contributed by atoms with E-state index in [1.807, 2.05) is 17.6 Å². The minimum absolute atomic E-state index is 0.120. The molecule has 1 amide bonds. The molecular weight excluding hydrogens is 506 g/mol. The van der Waals surface area contributed by atoms with Crippen molar-refractivity contribution in [2.24, 2.45) is 4.99 Å². The Kier molecular flexibility index (Phi) is 8.26. The van der Waals surface area contributed by atoms with Crippen LogP contribution in [0.2, 0.25) is 0 Å². The summed E-state index contributed by atoms with van der Waals surface area (Å²) in [6, 6.07) is 19.1. The molecule has 0 unspecified atom stereocenters. The second-order valence-electron chi connectivity index (χ2n) is 8.58. The summed E-state index contributed by atoms with van der Waals surface area (Å²) in [5.74, 6) is -0.426. The number of thiazole rings is 1. The topological polar surface area (TPSA) is 81.0 Å². The van der Waals surface area contributed by atoms with E-state index < -0.39 is 15.9 Å². The van der Waals surface area contributed by atoms with Crippen LogP contribution in [0, 0.1) is 13.8 Å². The van der Waals surface area contributed by atoms with Crippen molar-refractivity contribution in [2.75, 3.05) is 24.1 Å². The summed E-state index contributed by atoms with van der Waals surface area (Å²) >= 11 is 1.46. The molecule has 4 aromatic rings. The molecule has 4 rings (SSSR count). The van der Waals surface area contributed by atoms with Crippen LogP contribution in [0.15, 0.2) is 76.6 Å². The Labute approximate surface area is 221 Å². The first-order valence-electron chi connectivity index (χ1n) is 12.2. The smallest absolute Gasteiger partial charge is 0.279 e. The van der Waals surface area contributed by atoms with Gasteiger partial charge in [0, 0.05) is 25.3 Å². The molecule has 0 aliphatic heterocycles. The first kappa shape index (κ1) is 26.8. The molecule has 194 valence electrons. The van der Waals surface area contributed by atoms with Gasteiger partial charge in [0.05, 0.1) is 27.4 Å². The zero-order valence-electron chi connectivity index (χ0n) is 21.5. The van der Waals surface area contributed by atoms with E-state index in [-0.39, 0.29) is 11.4 Å². The van der Waals surface area contributed by atoms with Crippen LogP contribution in [0.4, 0.5) is 5.69 Å². The summed E-state index contributed by atoms with van der Waals surface area (Å²) in [4.78, 5) is 18.2. The molecule has 0 atom stereocenters. The van der Waals surface area contributed by atoms with Gasteiger partial charge in [0.2, 0.25) is 0 Å². The summed E-state index contributed by atoms with van der Waals surface area (Å²) in [5.41, 5.74) is 4.27. The quantitative estimate of drug-likeness (QED) is 0.271. The number of carbonyl (C=O) groups excluding carboxylic acids is 1. The molecule has 0 radical (unpaired) electrons. The van der Waals surface area contributed by atoms with Gasteiger partial charge in [-0.05, 0) is 87.4 Å². The lowest BCUT2D eigenvalue weighted by atomic mass is 10.1. The Morgan fingerprint density at radius 3 is 2.32 bits per heavy atom. The van der Waals surface area contributed by atoms with Gasteiger partial charge in [0.1, 0.15) is 0 Å². The maximum atomic E-state index is 13.3. The van der Waals surface area contributed by atoms with Crippen LogP contribution >= 0.6 is 11.3 Å². The van der Waals surface area contributed by atoms with Gasteiger partial charge in [-0.15, -0.1) is 0 Å². The predicted octanol–water partition coefficient (Wildman–Crippen LogP) is 5.31. The largest absolute Gasteiger partial charge is 0.380 e. The average Bonchev–Trinajstić information content (AvgIpc) is 3.21. The lowest BCUT2D eigenvalue weighted by Gasteiger charge is -2.22. The third-order valence-corrected chi connectivity index (χ3v) is 9.14. The zero-order chi connectivity index (χ0) is 26.6. The summed E-state index contributed by atoms with van der Waals surface area (Å²) in [7, 11) is -3.78. The van der Waals surface area contributed by atoms with E-state index in [2.05, 4.69) is 31.0 Å². The fourth-order valence-electron chi connectivity index (χ4n) is 4.06. The molecule has 9 heteroatoms. The number of anilines is 1. The van der Waals surface area contributed by atoms with Crippen LogP contribution in [0.1, 0.15) is 35.3 Å². The first-order valence-corrected chi connectivity index (χ1v) is 14.5. The van der Waals surface area contributed by atoms with Crippen LogP contribution < -0.4 is 9.11 Å². The highest BCUT2D eigenvalue weighted by Crippen LogP contribution is 2.24. The molecule has 0 spiro atoms. The highest BCUT2D eigenvalue weighted by atomic mass is 32.2. The third-order valence-electron chi connectivity index (χ3n) is 6.18. The number of ether oxygens (including phenoxy) is 1. The molecule has 0 N–H and O–H groups in total. The highest BCUT2D eigenvalue weighted by molar-refractivity contribution is 7.92. The van der Waals surface area contributed by atoms with Crippen LogP contribution in [0.5, 0.6) is 0 Å². The lowest BCUT2D eigenvalue weighted by molar-refractivity contribution is 0.0996. The van der Waals surface area contributed by atoms with Crippen molar-refractivity contribution in [1.82, 2.24) is 4.57 Å². The van der Waals surface area contributed by atoms with Gasteiger partial charge >= 0.3 is 0 Å². The number of aryl methyl sites for hydroxylation is 2. The molecule has 0 aliphatic carbocycles. The Bertz CT molecular complexity index is 1570. The standard InChI is InChI=1S/C28H31N3O4S2/c1-5-31(23-10-8-7-9-11-23)37(33,34)24-14-12-22(13-15-24)27(32)29-28-30(16-17-35-6-2)25-18-20(3)21(4)19-26(25)36-28/h7-15,18-19H,5-6,16-17H2,1-4H3. The van der Waals surface area contributed by atoms with Gasteiger partial charge in [0.25, 0.3) is 15.9 Å². The molecule has 0 saturated carbocycles. The van der Waals surface area contributed by atoms with E-state index in [9.17, 15) is 13.2 Å². The van der Waals surface area contributed by atoms with Crippen LogP contribution in [-0.4, -0.2) is 38.7 Å². The normalized spacial score (nSPS) is 12.3. The van der Waals surface area contributed by atoms with Crippen molar-refractivity contribution in [2.45, 2.75) is 39.1 Å². The molecular formula is C28H31N3O4S2. The van der Waals surface area contributed by atoms with E-state index in [0.717, 1.165) is 10.2 Å². The van der Waals surface area contributed by atoms with Crippen molar-refractivity contribution in [1.29, 1.82) is 0 Å². The van der Waals surface area contributed by atoms with Crippen molar-refractivity contribution >= 4 is 43.2 Å². The number of aromatic nitrogens is 1. The fraction of sp³-hybridized carbons (Fsp3) is 0.286. The molecule has 3 aromatic carbocycles. The molecule has 7 nitrogen and oxygen atoms in total. The number of carbonyl (C=O) groups is 1. The number of amides is 1. The predicted molar refractivity (Wildman–Crippen MR) is 149 cm³/mol. The lowest BCUT2D eigenvalue weighted by Crippen LogP contribution is -2.30. The Morgan fingerprint density at radius 2 is 1.68 bits per heavy atom. The van der Waals surface area contributed by atoms with E-state index >= 15 is 0 Å². The number of hydrogen-bond donors (Lipinski definition) is 0. The summed E-state index contributed by atoms with van der Waals surface area (Å²) in [6.45, 7) is 9.85. The molecule has 0 saturated heterocycles. The van der Waals surface area contributed by atoms with Gasteiger partial charge in [-0.3, -0.25) is 9.10 Å². The number of nitrogens with zero attached hydrogens (tertiary/aromatic N) is 3. The van der Waals surface area contributed by atoms with E-state index in [1.165, 1.54) is 51.0 Å². The third kappa shape index (κ3) is 5.69. The number of para-hydroxylation sites is 1. The van der Waals surface area contributed by atoms with Gasteiger partial charge in [-0.25, -0.2) is 8.42 Å². The van der Waals surface area contributed by atoms with Crippen LogP contribution in [0.25, 0.3) is 10.2 Å². The van der Waals surface area contributed by atoms with Crippen molar-refractivity contribution in [3.63, 3.8) is 0 Å². The van der Waals surface area contributed by atoms with Gasteiger partial charge < -0.3 is 9.30 Å². The van der Waals surface area contributed by atoms with Crippen molar-refractivity contribution < 1.29 is 17.9 Å². The maximum Gasteiger partial charge on any atom is 0.279 e. The number of fused-ring (bicyclic) bond motifs is 1. The summed E-state index contributed by atoms with van der Waals surface area (Å²) < 4.78 is 36.5. The number of sulfonamides is 1. The monoisotopic (exact) mass is 537 g/mol. The molecule has 1 aromatic heterocycles. The number of hydrogen-bond acceptors (Lipinski definition) is 5. The Hall–Kier alpha value is -3.27. The van der Waals surface area contributed by atoms with Crippen LogP contribution in [0.3, 0.4) is 0 Å². The van der Waals surface area contributed by atoms with Crippen molar-refractivity contribution in [3.05, 3.63) is 88.2 Å². The molecule has 37 heavy (non-hydrogen) atoms. The summed E-state index contributed by atoms with van der Waals surface area (Å²) in [6.07, 6.45) is 0. The van der Waals surface area contributed by atoms with Gasteiger partial charge in [-0.2, -0.15) is 4.99 Å². The Balaban J connectivity index is 1.67. The minimum Gasteiger partial charge on any atom is -0.380 e. The van der Waals surface area contributed by atoms with E-state index in [4.69, 9.17) is 4.74 Å². The molecule has 0 aliphatic rings. The second kappa shape index (κ2) is 11.4. The molecule has 0 bridgehead atoms. The zero-order valence-corrected chi connectivity index (χ0v) is 23.1. The molecule has 1 heterocycles. The summed E-state index contributed by atoms with van der Waals surface area (Å²) in [5, 5.41) is 0. The Morgan fingerprint density at radius 1 is 1.00 bits per heavy atom. The second-order valence-corrected chi connectivity index (χ2v) is 11.5. The van der Waals surface area contributed by atoms with Gasteiger partial charge in [-0.1, -0.05) is 29.5 Å². The van der Waals surface area contributed by atoms with E-state index in [1.54, 1.807) is 31.2 Å². The number of benzene rings is 3. The maximum absolute atomic E-state index is 13.3. The van der Waals surface area contributed by atoms with Crippen LogP contribution in [-0.2, 0) is 21.3 Å². The first-order chi connectivity index (χ1) is 17.8. The SMILES string of the molecule is CCOCCn1c(=NC(=O)c2ccc(S(=O)(=O)N(CC)c3ccccc3)cc2)sc2cc(C)c(C)cc21.